The molecule has 2 unspecified atom stereocenters. The van der Waals surface area contributed by atoms with Crippen LogP contribution in [0.1, 0.15) is 28.7 Å². The molecular formula is C30H26F6N4O4S. The predicted octanol–water partition coefficient (Wildman–Crippen LogP) is 6.24. The van der Waals surface area contributed by atoms with Crippen LogP contribution < -0.4 is 4.74 Å². The van der Waals surface area contributed by atoms with Gasteiger partial charge in [0, 0.05) is 23.9 Å². The van der Waals surface area contributed by atoms with Crippen LogP contribution in [0.4, 0.5) is 26.3 Å². The minimum atomic E-state index is -4.90. The Balaban J connectivity index is 1.59. The molecule has 15 heteroatoms. The van der Waals surface area contributed by atoms with Crippen LogP contribution in [0, 0.1) is 13.8 Å². The SMILES string of the molecule is Cc1cc(-c2cccc(C3C=C(F)C(CO)(n4cc(C(F)(F)F)nc4C)C(S(C)(=O)=O)=C3)c2)n(-c2ccc(OC(F)F)cc2)n1. The molecule has 0 fully saturated rings. The van der Waals surface area contributed by atoms with Gasteiger partial charge in [-0.05, 0) is 61.9 Å². The van der Waals surface area contributed by atoms with E-state index >= 15 is 4.39 Å². The van der Waals surface area contributed by atoms with Gasteiger partial charge in [0.25, 0.3) is 0 Å². The number of halogens is 6. The minimum Gasteiger partial charge on any atom is -0.435 e. The Morgan fingerprint density at radius 2 is 1.76 bits per heavy atom. The molecule has 5 rings (SSSR count). The van der Waals surface area contributed by atoms with Crippen LogP contribution in [-0.4, -0.2) is 52.3 Å². The largest absolute Gasteiger partial charge is 0.435 e. The first-order valence-corrected chi connectivity index (χ1v) is 15.2. The highest BCUT2D eigenvalue weighted by molar-refractivity contribution is 7.94. The number of alkyl halides is 5. The van der Waals surface area contributed by atoms with Crippen LogP contribution in [0.15, 0.2) is 83.7 Å². The summed E-state index contributed by atoms with van der Waals surface area (Å²) in [7, 11) is -4.30. The molecule has 0 aliphatic heterocycles. The van der Waals surface area contributed by atoms with Gasteiger partial charge in [0.2, 0.25) is 0 Å². The third-order valence-corrected chi connectivity index (χ3v) is 8.65. The monoisotopic (exact) mass is 652 g/mol. The molecule has 2 heterocycles. The summed E-state index contributed by atoms with van der Waals surface area (Å²) in [5, 5.41) is 14.9. The lowest BCUT2D eigenvalue weighted by Crippen LogP contribution is -2.45. The molecule has 8 nitrogen and oxygen atoms in total. The van der Waals surface area contributed by atoms with E-state index in [0.717, 1.165) is 19.3 Å². The molecule has 0 amide bonds. The van der Waals surface area contributed by atoms with Crippen molar-refractivity contribution in [2.75, 3.05) is 12.9 Å². The first kappa shape index (κ1) is 32.0. The fourth-order valence-corrected chi connectivity index (χ4v) is 6.69. The van der Waals surface area contributed by atoms with E-state index in [0.29, 0.717) is 39.0 Å². The zero-order valence-corrected chi connectivity index (χ0v) is 24.7. The molecule has 0 saturated heterocycles. The van der Waals surface area contributed by atoms with Crippen LogP contribution in [0.2, 0.25) is 0 Å². The van der Waals surface area contributed by atoms with Gasteiger partial charge in [-0.3, -0.25) is 0 Å². The average Bonchev–Trinajstić information content (AvgIpc) is 3.55. The Hall–Kier alpha value is -4.37. The van der Waals surface area contributed by atoms with Crippen molar-refractivity contribution in [3.8, 4) is 22.7 Å². The molecule has 2 aromatic carbocycles. The number of allylic oxidation sites excluding steroid dienone is 2. The van der Waals surface area contributed by atoms with Crippen molar-refractivity contribution >= 4 is 9.84 Å². The number of benzene rings is 2. The third kappa shape index (κ3) is 6.01. The summed E-state index contributed by atoms with van der Waals surface area (Å²) in [5.74, 6) is -2.57. The standard InChI is InChI=1S/C30H26F6N4O4S/c1-17-11-24(40(38-17)22-7-9-23(10-8-22)44-28(32)33)20-6-4-5-19(12-20)21-13-25(31)29(16-41,27(14-21)45(3,42)43)39-15-26(30(34,35)36)37-18(39)2/h4-15,21,28,41H,16H2,1-3H3. The minimum absolute atomic E-state index is 0.0415. The third-order valence-electron chi connectivity index (χ3n) is 7.38. The Morgan fingerprint density at radius 3 is 2.33 bits per heavy atom. The second-order valence-electron chi connectivity index (χ2n) is 10.5. The second kappa shape index (κ2) is 11.5. The number of hydrogen-bond donors (Lipinski definition) is 1. The molecule has 45 heavy (non-hydrogen) atoms. The summed E-state index contributed by atoms with van der Waals surface area (Å²) in [5.41, 5.74) is -1.14. The van der Waals surface area contributed by atoms with Gasteiger partial charge >= 0.3 is 12.8 Å². The summed E-state index contributed by atoms with van der Waals surface area (Å²) >= 11 is 0. The molecule has 0 spiro atoms. The number of aromatic nitrogens is 4. The molecule has 1 N–H and O–H groups in total. The molecule has 1 aliphatic carbocycles. The van der Waals surface area contributed by atoms with E-state index in [-0.39, 0.29) is 11.6 Å². The average molecular weight is 653 g/mol. The lowest BCUT2D eigenvalue weighted by atomic mass is 9.84. The number of hydrogen-bond acceptors (Lipinski definition) is 6. The van der Waals surface area contributed by atoms with Gasteiger partial charge in [-0.15, -0.1) is 0 Å². The first-order chi connectivity index (χ1) is 21.0. The van der Waals surface area contributed by atoms with Crippen molar-refractivity contribution in [2.24, 2.45) is 0 Å². The van der Waals surface area contributed by atoms with E-state index in [1.165, 1.54) is 30.3 Å². The molecule has 4 aromatic rings. The van der Waals surface area contributed by atoms with E-state index < -0.39 is 57.1 Å². The Kier molecular flexibility index (Phi) is 8.21. The number of rotatable bonds is 8. The topological polar surface area (TPSA) is 99.2 Å². The number of nitrogens with zero attached hydrogens (tertiary/aromatic N) is 4. The van der Waals surface area contributed by atoms with Gasteiger partial charge in [0.1, 0.15) is 17.4 Å². The van der Waals surface area contributed by atoms with Crippen molar-refractivity contribution in [2.45, 2.75) is 38.1 Å². The van der Waals surface area contributed by atoms with Crippen LogP contribution in [0.3, 0.4) is 0 Å². The zero-order chi connectivity index (χ0) is 32.9. The molecule has 0 bridgehead atoms. The molecule has 2 aromatic heterocycles. The number of imidazole rings is 1. The normalized spacial score (nSPS) is 19.0. The van der Waals surface area contributed by atoms with E-state index in [1.807, 2.05) is 0 Å². The van der Waals surface area contributed by atoms with E-state index in [1.54, 1.807) is 41.9 Å². The van der Waals surface area contributed by atoms with E-state index in [4.69, 9.17) is 0 Å². The molecular weight excluding hydrogens is 626 g/mol. The molecule has 0 radical (unpaired) electrons. The van der Waals surface area contributed by atoms with Crippen LogP contribution in [0.25, 0.3) is 16.9 Å². The first-order valence-electron chi connectivity index (χ1n) is 13.3. The lowest BCUT2D eigenvalue weighted by molar-refractivity contribution is -0.141. The Morgan fingerprint density at radius 1 is 1.07 bits per heavy atom. The summed E-state index contributed by atoms with van der Waals surface area (Å²) in [6, 6.07) is 14.2. The van der Waals surface area contributed by atoms with Gasteiger partial charge in [-0.2, -0.15) is 27.1 Å². The maximum atomic E-state index is 16.2. The van der Waals surface area contributed by atoms with E-state index in [2.05, 4.69) is 14.8 Å². The Bertz CT molecular complexity index is 1910. The van der Waals surface area contributed by atoms with Crippen molar-refractivity contribution in [3.05, 3.63) is 106 Å². The van der Waals surface area contributed by atoms with Gasteiger partial charge in [-0.25, -0.2) is 22.5 Å². The highest BCUT2D eigenvalue weighted by Crippen LogP contribution is 2.46. The quantitative estimate of drug-likeness (QED) is 0.227. The number of ether oxygens (including phenoxy) is 1. The molecule has 1 aliphatic rings. The Labute approximate surface area is 253 Å². The summed E-state index contributed by atoms with van der Waals surface area (Å²) in [4.78, 5) is 2.81. The van der Waals surface area contributed by atoms with Crippen LogP contribution in [0.5, 0.6) is 5.75 Å². The fraction of sp³-hybridized carbons (Fsp3) is 0.267. The zero-order valence-electron chi connectivity index (χ0n) is 23.9. The van der Waals surface area contributed by atoms with Crippen molar-refractivity contribution < 1.29 is 44.6 Å². The number of aliphatic hydroxyl groups is 1. The van der Waals surface area contributed by atoms with E-state index in [9.17, 15) is 35.5 Å². The van der Waals surface area contributed by atoms with Gasteiger partial charge in [-0.1, -0.05) is 24.3 Å². The predicted molar refractivity (Wildman–Crippen MR) is 152 cm³/mol. The fourth-order valence-electron chi connectivity index (χ4n) is 5.42. The maximum Gasteiger partial charge on any atom is 0.434 e. The molecule has 2 atom stereocenters. The number of sulfone groups is 1. The smallest absolute Gasteiger partial charge is 0.434 e. The highest BCUT2D eigenvalue weighted by atomic mass is 32.2. The van der Waals surface area contributed by atoms with Crippen molar-refractivity contribution in [1.82, 2.24) is 19.3 Å². The number of aliphatic hydroxyl groups excluding tert-OH is 1. The second-order valence-corrected chi connectivity index (χ2v) is 12.5. The van der Waals surface area contributed by atoms with Crippen LogP contribution >= 0.6 is 0 Å². The van der Waals surface area contributed by atoms with Gasteiger partial charge in [0.05, 0.1) is 28.6 Å². The maximum absolute atomic E-state index is 16.2. The van der Waals surface area contributed by atoms with Crippen LogP contribution in [-0.2, 0) is 21.6 Å². The van der Waals surface area contributed by atoms with Gasteiger partial charge < -0.3 is 14.4 Å². The summed E-state index contributed by atoms with van der Waals surface area (Å²) in [6.45, 7) is -1.29. The highest BCUT2D eigenvalue weighted by Gasteiger charge is 2.50. The van der Waals surface area contributed by atoms with Crippen molar-refractivity contribution in [3.63, 3.8) is 0 Å². The van der Waals surface area contributed by atoms with Gasteiger partial charge in [0.15, 0.2) is 21.1 Å². The summed E-state index contributed by atoms with van der Waals surface area (Å²) < 4.78 is 115. The summed E-state index contributed by atoms with van der Waals surface area (Å²) in [6.07, 6.45) is -1.39. The number of aryl methyl sites for hydroxylation is 2. The molecule has 238 valence electrons. The molecule has 0 saturated carbocycles. The lowest BCUT2D eigenvalue weighted by Gasteiger charge is -2.38. The van der Waals surface area contributed by atoms with Crippen molar-refractivity contribution in [1.29, 1.82) is 0 Å².